The van der Waals surface area contributed by atoms with Gasteiger partial charge in [0.05, 0.1) is 6.04 Å². The van der Waals surface area contributed by atoms with E-state index in [1.54, 1.807) is 30.6 Å². The van der Waals surface area contributed by atoms with Crippen LogP contribution in [0.5, 0.6) is 0 Å². The minimum atomic E-state index is -0.473. The number of amides is 2. The number of imidazole rings is 1. The molecule has 4 aromatic rings. The van der Waals surface area contributed by atoms with Crippen molar-refractivity contribution in [3.8, 4) is 11.3 Å². The Kier molecular flexibility index (Phi) is 8.31. The Balaban J connectivity index is 1.04. The normalized spacial score (nSPS) is 20.0. The molecular formula is C35H43N9O3. The van der Waals surface area contributed by atoms with Gasteiger partial charge in [0.1, 0.15) is 34.3 Å². The minimum Gasteiger partial charge on any atom is -0.444 e. The minimum absolute atomic E-state index is 0.171. The fourth-order valence-corrected chi connectivity index (χ4v) is 7.18. The number of carbonyl (C=O) groups is 2. The highest BCUT2D eigenvalue weighted by molar-refractivity contribution is 6.04. The number of nitrogens with zero attached hydrogens (tertiary/aromatic N) is 7. The number of nitrogen functional groups attached to an aromatic ring is 1. The molecular weight excluding hydrogens is 594 g/mol. The van der Waals surface area contributed by atoms with Crippen molar-refractivity contribution in [2.24, 2.45) is 0 Å². The first-order valence-electron chi connectivity index (χ1n) is 16.6. The molecule has 246 valence electrons. The molecule has 0 saturated carbocycles. The first kappa shape index (κ1) is 31.1. The van der Waals surface area contributed by atoms with Crippen LogP contribution in [-0.2, 0) is 4.74 Å². The maximum absolute atomic E-state index is 12.8. The third-order valence-corrected chi connectivity index (χ3v) is 9.53. The number of benzene rings is 1. The van der Waals surface area contributed by atoms with Gasteiger partial charge in [-0.05, 0) is 77.3 Å². The van der Waals surface area contributed by atoms with Crippen LogP contribution in [0.4, 0.5) is 16.4 Å². The van der Waals surface area contributed by atoms with E-state index in [9.17, 15) is 9.59 Å². The molecule has 3 fully saturated rings. The van der Waals surface area contributed by atoms with Crippen LogP contribution in [0.25, 0.3) is 16.8 Å². The SMILES string of the molecule is CC(C)(C)OC(=O)N1CC(N2CCC(N3CCC[C@H]3c3nc(-c4ccc(C(=O)Nc5ccccn5)cc4)c4c(N)nccn34)CC2)C1. The molecule has 12 nitrogen and oxygen atoms in total. The van der Waals surface area contributed by atoms with Crippen molar-refractivity contribution < 1.29 is 14.3 Å². The standard InChI is InChI=1S/C35H43N9O3/c1-35(2,3)47-34(46)42-21-26(22-42)41-18-13-25(14-19-41)43-17-6-7-27(43)32-40-29(30-31(36)38-16-20-44(30)32)23-9-11-24(12-10-23)33(45)39-28-8-4-5-15-37-28/h4-5,8-12,15-16,20,25-27H,6-7,13-14,17-19,21-22H2,1-3H3,(H2,36,38)(H,37,39,45)/t27-/m0/s1. The van der Waals surface area contributed by atoms with Gasteiger partial charge >= 0.3 is 6.09 Å². The Morgan fingerprint density at radius 3 is 2.40 bits per heavy atom. The highest BCUT2D eigenvalue weighted by Crippen LogP contribution is 2.39. The van der Waals surface area contributed by atoms with Crippen molar-refractivity contribution in [2.75, 3.05) is 43.8 Å². The number of hydrogen-bond acceptors (Lipinski definition) is 9. The van der Waals surface area contributed by atoms with Crippen LogP contribution in [0.2, 0.25) is 0 Å². The predicted molar refractivity (Wildman–Crippen MR) is 180 cm³/mol. The largest absolute Gasteiger partial charge is 0.444 e. The summed E-state index contributed by atoms with van der Waals surface area (Å²) in [5, 5.41) is 2.83. The molecule has 0 radical (unpaired) electrons. The second-order valence-electron chi connectivity index (χ2n) is 13.8. The third kappa shape index (κ3) is 6.39. The number of fused-ring (bicyclic) bond motifs is 1. The van der Waals surface area contributed by atoms with Crippen molar-refractivity contribution >= 4 is 29.2 Å². The summed E-state index contributed by atoms with van der Waals surface area (Å²) in [5.74, 6) is 1.69. The summed E-state index contributed by atoms with van der Waals surface area (Å²) in [6.45, 7) is 10.3. The monoisotopic (exact) mass is 637 g/mol. The molecule has 0 aliphatic carbocycles. The van der Waals surface area contributed by atoms with E-state index in [1.807, 2.05) is 56.1 Å². The third-order valence-electron chi connectivity index (χ3n) is 9.53. The number of likely N-dealkylation sites (tertiary alicyclic amines) is 3. The van der Waals surface area contributed by atoms with E-state index in [0.29, 0.717) is 29.3 Å². The average Bonchev–Trinajstić information content (AvgIpc) is 3.66. The van der Waals surface area contributed by atoms with Crippen LogP contribution in [0.1, 0.15) is 68.7 Å². The number of hydrogen-bond donors (Lipinski definition) is 2. The zero-order valence-corrected chi connectivity index (χ0v) is 27.3. The predicted octanol–water partition coefficient (Wildman–Crippen LogP) is 4.85. The van der Waals surface area contributed by atoms with Gasteiger partial charge in [0.15, 0.2) is 0 Å². The number of rotatable bonds is 6. The summed E-state index contributed by atoms with van der Waals surface area (Å²) >= 11 is 0. The van der Waals surface area contributed by atoms with E-state index in [-0.39, 0.29) is 18.0 Å². The average molecular weight is 638 g/mol. The zero-order valence-electron chi connectivity index (χ0n) is 27.3. The van der Waals surface area contributed by atoms with Gasteiger partial charge in [-0.2, -0.15) is 0 Å². The molecule has 0 unspecified atom stereocenters. The Hall–Kier alpha value is -4.55. The molecule has 3 aliphatic heterocycles. The molecule has 7 rings (SSSR count). The fourth-order valence-electron chi connectivity index (χ4n) is 7.18. The van der Waals surface area contributed by atoms with Crippen LogP contribution in [0.3, 0.4) is 0 Å². The van der Waals surface area contributed by atoms with Gasteiger partial charge < -0.3 is 20.7 Å². The summed E-state index contributed by atoms with van der Waals surface area (Å²) in [7, 11) is 0. The first-order valence-corrected chi connectivity index (χ1v) is 16.6. The fraction of sp³-hybridized carbons (Fsp3) is 0.457. The van der Waals surface area contributed by atoms with Crippen molar-refractivity contribution in [3.05, 3.63) is 72.4 Å². The molecule has 3 aliphatic rings. The maximum Gasteiger partial charge on any atom is 0.410 e. The number of carbonyl (C=O) groups excluding carboxylic acids is 2. The lowest BCUT2D eigenvalue weighted by Gasteiger charge is -2.48. The van der Waals surface area contributed by atoms with Crippen molar-refractivity contribution in [1.82, 2.24) is 34.1 Å². The lowest BCUT2D eigenvalue weighted by Crippen LogP contribution is -2.63. The van der Waals surface area contributed by atoms with Gasteiger partial charge in [-0.25, -0.2) is 19.7 Å². The van der Waals surface area contributed by atoms with Gasteiger partial charge in [-0.1, -0.05) is 18.2 Å². The highest BCUT2D eigenvalue weighted by atomic mass is 16.6. The second-order valence-corrected chi connectivity index (χ2v) is 13.8. The molecule has 3 N–H and O–H groups in total. The summed E-state index contributed by atoms with van der Waals surface area (Å²) in [4.78, 5) is 46.1. The first-order chi connectivity index (χ1) is 22.6. The Morgan fingerprint density at radius 2 is 1.70 bits per heavy atom. The summed E-state index contributed by atoms with van der Waals surface area (Å²) in [5.41, 5.74) is 8.96. The van der Waals surface area contributed by atoms with Crippen LogP contribution >= 0.6 is 0 Å². The molecule has 6 heterocycles. The Labute approximate surface area is 274 Å². The lowest BCUT2D eigenvalue weighted by molar-refractivity contribution is -0.0253. The quantitative estimate of drug-likeness (QED) is 0.304. The number of aromatic nitrogens is 4. The van der Waals surface area contributed by atoms with Crippen LogP contribution in [-0.4, -0.2) is 96.5 Å². The molecule has 1 aromatic carbocycles. The van der Waals surface area contributed by atoms with Gasteiger partial charge in [0.25, 0.3) is 5.91 Å². The van der Waals surface area contributed by atoms with Gasteiger partial charge in [-0.3, -0.25) is 19.0 Å². The van der Waals surface area contributed by atoms with Crippen LogP contribution in [0, 0.1) is 0 Å². The van der Waals surface area contributed by atoms with Crippen molar-refractivity contribution in [1.29, 1.82) is 0 Å². The smallest absolute Gasteiger partial charge is 0.410 e. The van der Waals surface area contributed by atoms with Gasteiger partial charge in [0, 0.05) is 68.0 Å². The summed E-state index contributed by atoms with van der Waals surface area (Å²) in [6, 6.07) is 13.9. The van der Waals surface area contributed by atoms with E-state index in [0.717, 1.165) is 81.0 Å². The number of anilines is 2. The van der Waals surface area contributed by atoms with Gasteiger partial charge in [-0.15, -0.1) is 0 Å². The molecule has 47 heavy (non-hydrogen) atoms. The Bertz CT molecular complexity index is 1740. The van der Waals surface area contributed by atoms with E-state index < -0.39 is 5.60 Å². The summed E-state index contributed by atoms with van der Waals surface area (Å²) in [6.07, 6.45) is 9.43. The zero-order chi connectivity index (χ0) is 32.7. The molecule has 3 aromatic heterocycles. The van der Waals surface area contributed by atoms with Crippen LogP contribution < -0.4 is 11.1 Å². The van der Waals surface area contributed by atoms with Gasteiger partial charge in [0.2, 0.25) is 0 Å². The molecule has 12 heteroatoms. The number of nitrogens with one attached hydrogen (secondary N) is 1. The molecule has 3 saturated heterocycles. The molecule has 1 atom stereocenters. The topological polar surface area (TPSA) is 134 Å². The number of piperidine rings is 1. The highest BCUT2D eigenvalue weighted by Gasteiger charge is 2.41. The second kappa shape index (κ2) is 12.6. The van der Waals surface area contributed by atoms with E-state index in [1.165, 1.54) is 0 Å². The molecule has 0 spiro atoms. The Morgan fingerprint density at radius 1 is 0.936 bits per heavy atom. The van der Waals surface area contributed by atoms with E-state index in [4.69, 9.17) is 15.5 Å². The number of ether oxygens (including phenoxy) is 1. The number of nitrogens with two attached hydrogens (primary N) is 1. The van der Waals surface area contributed by atoms with Crippen molar-refractivity contribution in [3.63, 3.8) is 0 Å². The van der Waals surface area contributed by atoms with E-state index >= 15 is 0 Å². The lowest BCUT2D eigenvalue weighted by atomic mass is 9.98. The molecule has 2 amide bonds. The van der Waals surface area contributed by atoms with Crippen molar-refractivity contribution in [2.45, 2.75) is 70.2 Å². The van der Waals surface area contributed by atoms with Crippen LogP contribution in [0.15, 0.2) is 61.1 Å². The maximum atomic E-state index is 12.8. The van der Waals surface area contributed by atoms with E-state index in [2.05, 4.69) is 29.5 Å². The molecule has 0 bridgehead atoms. The summed E-state index contributed by atoms with van der Waals surface area (Å²) < 4.78 is 7.65. The number of pyridine rings is 1.